The fraction of sp³-hybridized carbons (Fsp3) is 0.0526. The molecule has 0 atom stereocenters. The average molecular weight is 377 g/mol. The monoisotopic (exact) mass is 377 g/mol. The number of benzene rings is 1. The summed E-state index contributed by atoms with van der Waals surface area (Å²) in [6.07, 6.45) is 8.02. The van der Waals surface area contributed by atoms with Crippen LogP contribution < -0.4 is 5.32 Å². The maximum Gasteiger partial charge on any atom is 0.328 e. The number of carboxylic acid groups (broad SMARTS) is 1. The summed E-state index contributed by atoms with van der Waals surface area (Å²) in [4.78, 5) is 19.9. The van der Waals surface area contributed by atoms with Gasteiger partial charge in [-0.3, -0.25) is 4.98 Å². The quantitative estimate of drug-likeness (QED) is 0.499. The molecule has 3 aromatic heterocycles. The molecular formula is C19H15N5O2S. The van der Waals surface area contributed by atoms with E-state index in [1.807, 2.05) is 42.6 Å². The maximum absolute atomic E-state index is 10.6. The second kappa shape index (κ2) is 7.38. The van der Waals surface area contributed by atoms with E-state index >= 15 is 0 Å². The van der Waals surface area contributed by atoms with Gasteiger partial charge in [0.2, 0.25) is 10.1 Å². The van der Waals surface area contributed by atoms with E-state index in [2.05, 4.69) is 20.4 Å². The molecule has 4 aromatic rings. The highest BCUT2D eigenvalue weighted by Crippen LogP contribution is 2.26. The second-order valence-electron chi connectivity index (χ2n) is 5.75. The molecule has 0 aliphatic carbocycles. The van der Waals surface area contributed by atoms with Gasteiger partial charge >= 0.3 is 5.97 Å². The van der Waals surface area contributed by atoms with Crippen LogP contribution in [0.1, 0.15) is 11.1 Å². The number of nitrogens with one attached hydrogen (secondary N) is 1. The van der Waals surface area contributed by atoms with Crippen molar-refractivity contribution in [2.24, 2.45) is 0 Å². The van der Waals surface area contributed by atoms with Crippen molar-refractivity contribution in [3.63, 3.8) is 0 Å². The molecule has 4 rings (SSSR count). The van der Waals surface area contributed by atoms with Crippen LogP contribution >= 0.6 is 11.3 Å². The topological polar surface area (TPSA) is 92.4 Å². The van der Waals surface area contributed by atoms with E-state index in [9.17, 15) is 4.79 Å². The summed E-state index contributed by atoms with van der Waals surface area (Å²) in [6.45, 7) is 0.643. The Bertz CT molecular complexity index is 1100. The average Bonchev–Trinajstić information content (AvgIpc) is 3.26. The van der Waals surface area contributed by atoms with Crippen molar-refractivity contribution >= 4 is 33.5 Å². The molecule has 0 saturated carbocycles. The van der Waals surface area contributed by atoms with Gasteiger partial charge in [-0.05, 0) is 23.3 Å². The number of nitrogens with zero attached hydrogens (tertiary/aromatic N) is 4. The molecular weight excluding hydrogens is 362 g/mol. The molecule has 0 fully saturated rings. The number of carbonyl (C=O) groups is 1. The number of rotatable bonds is 6. The summed E-state index contributed by atoms with van der Waals surface area (Å²) in [5, 5.41) is 17.4. The first-order valence-corrected chi connectivity index (χ1v) is 8.99. The lowest BCUT2D eigenvalue weighted by Gasteiger charge is -2.02. The Balaban J connectivity index is 1.54. The van der Waals surface area contributed by atoms with Crippen LogP contribution in [0.3, 0.4) is 0 Å². The Kier molecular flexibility index (Phi) is 4.63. The molecule has 0 saturated heterocycles. The molecule has 3 heterocycles. The number of carboxylic acids is 1. The summed E-state index contributed by atoms with van der Waals surface area (Å²) in [5.41, 5.74) is 3.73. The van der Waals surface area contributed by atoms with Crippen LogP contribution in [0.2, 0.25) is 0 Å². The predicted molar refractivity (Wildman–Crippen MR) is 105 cm³/mol. The molecule has 0 spiro atoms. The van der Waals surface area contributed by atoms with Gasteiger partial charge in [-0.15, -0.1) is 5.10 Å². The first-order chi connectivity index (χ1) is 13.2. The predicted octanol–water partition coefficient (Wildman–Crippen LogP) is 3.56. The molecule has 27 heavy (non-hydrogen) atoms. The zero-order valence-electron chi connectivity index (χ0n) is 14.1. The Hall–Kier alpha value is -3.52. The number of aliphatic carboxylic acids is 1. The molecule has 0 amide bonds. The summed E-state index contributed by atoms with van der Waals surface area (Å²) in [5.74, 6) is -0.967. The van der Waals surface area contributed by atoms with Crippen molar-refractivity contribution in [3.8, 4) is 11.3 Å². The molecule has 0 unspecified atom stereocenters. The Morgan fingerprint density at radius 3 is 2.81 bits per heavy atom. The van der Waals surface area contributed by atoms with Crippen molar-refractivity contribution < 1.29 is 9.90 Å². The van der Waals surface area contributed by atoms with Gasteiger partial charge < -0.3 is 10.4 Å². The second-order valence-corrected chi connectivity index (χ2v) is 6.71. The van der Waals surface area contributed by atoms with Crippen LogP contribution in [0.15, 0.2) is 61.1 Å². The molecule has 0 aliphatic heterocycles. The standard InChI is InChI=1S/C19H15N5O2S/c25-17(26)8-5-13-3-6-15(7-4-13)16-12-22-19-24(16)23-18(27-19)21-11-14-2-1-9-20-10-14/h1-10,12H,11H2,(H,21,23)(H,25,26). The SMILES string of the molecule is O=C(O)C=Cc1ccc(-c2cnc3sc(NCc4cccnc4)nn23)cc1. The van der Waals surface area contributed by atoms with Gasteiger partial charge in [0.15, 0.2) is 0 Å². The third-order valence-corrected chi connectivity index (χ3v) is 4.76. The van der Waals surface area contributed by atoms with Crippen molar-refractivity contribution in [1.29, 1.82) is 0 Å². The van der Waals surface area contributed by atoms with Gasteiger partial charge in [0.1, 0.15) is 0 Å². The maximum atomic E-state index is 10.6. The molecule has 0 bridgehead atoms. The van der Waals surface area contributed by atoms with Gasteiger partial charge in [-0.1, -0.05) is 41.7 Å². The van der Waals surface area contributed by atoms with Crippen LogP contribution in [0.5, 0.6) is 0 Å². The zero-order valence-corrected chi connectivity index (χ0v) is 14.9. The summed E-state index contributed by atoms with van der Waals surface area (Å²) in [7, 11) is 0. The Morgan fingerprint density at radius 1 is 1.22 bits per heavy atom. The highest BCUT2D eigenvalue weighted by molar-refractivity contribution is 7.20. The molecule has 0 aliphatic rings. The van der Waals surface area contributed by atoms with Gasteiger partial charge in [0, 0.05) is 30.6 Å². The third-order valence-electron chi connectivity index (χ3n) is 3.88. The number of anilines is 1. The number of aromatic nitrogens is 4. The van der Waals surface area contributed by atoms with Crippen LogP contribution in [-0.2, 0) is 11.3 Å². The third kappa shape index (κ3) is 3.85. The summed E-state index contributed by atoms with van der Waals surface area (Å²) >= 11 is 1.48. The number of imidazole rings is 1. The van der Waals surface area contributed by atoms with Crippen LogP contribution in [0.4, 0.5) is 5.13 Å². The van der Waals surface area contributed by atoms with E-state index in [0.717, 1.165) is 38.6 Å². The fourth-order valence-electron chi connectivity index (χ4n) is 2.57. The van der Waals surface area contributed by atoms with Crippen molar-refractivity contribution in [1.82, 2.24) is 19.6 Å². The lowest BCUT2D eigenvalue weighted by Crippen LogP contribution is -2.00. The zero-order chi connectivity index (χ0) is 18.6. The molecule has 134 valence electrons. The highest BCUT2D eigenvalue weighted by atomic mass is 32.1. The Labute approximate surface area is 158 Å². The van der Waals surface area contributed by atoms with Gasteiger partial charge in [0.25, 0.3) is 0 Å². The lowest BCUT2D eigenvalue weighted by atomic mass is 10.1. The van der Waals surface area contributed by atoms with Gasteiger partial charge in [-0.25, -0.2) is 14.3 Å². The lowest BCUT2D eigenvalue weighted by molar-refractivity contribution is -0.131. The molecule has 8 heteroatoms. The van der Waals surface area contributed by atoms with E-state index in [1.54, 1.807) is 23.0 Å². The van der Waals surface area contributed by atoms with E-state index in [0.29, 0.717) is 6.54 Å². The minimum atomic E-state index is -0.967. The van der Waals surface area contributed by atoms with Crippen LogP contribution in [0.25, 0.3) is 22.3 Å². The van der Waals surface area contributed by atoms with E-state index in [1.165, 1.54) is 11.3 Å². The number of fused-ring (bicyclic) bond motifs is 1. The minimum Gasteiger partial charge on any atom is -0.478 e. The van der Waals surface area contributed by atoms with E-state index in [-0.39, 0.29) is 0 Å². The van der Waals surface area contributed by atoms with Crippen LogP contribution in [0, 0.1) is 0 Å². The fourth-order valence-corrected chi connectivity index (χ4v) is 3.34. The smallest absolute Gasteiger partial charge is 0.328 e. The molecule has 7 nitrogen and oxygen atoms in total. The van der Waals surface area contributed by atoms with Crippen molar-refractivity contribution in [2.75, 3.05) is 5.32 Å². The minimum absolute atomic E-state index is 0.643. The largest absolute Gasteiger partial charge is 0.478 e. The molecule has 2 N–H and O–H groups in total. The number of hydrogen-bond donors (Lipinski definition) is 2. The molecule has 1 aromatic carbocycles. The van der Waals surface area contributed by atoms with Gasteiger partial charge in [0.05, 0.1) is 11.9 Å². The van der Waals surface area contributed by atoms with Gasteiger partial charge in [-0.2, -0.15) is 0 Å². The van der Waals surface area contributed by atoms with Crippen molar-refractivity contribution in [3.05, 3.63) is 72.2 Å². The summed E-state index contributed by atoms with van der Waals surface area (Å²) < 4.78 is 1.80. The first kappa shape index (κ1) is 16.9. The van der Waals surface area contributed by atoms with Crippen molar-refractivity contribution in [2.45, 2.75) is 6.54 Å². The van der Waals surface area contributed by atoms with E-state index in [4.69, 9.17) is 5.11 Å². The number of hydrogen-bond acceptors (Lipinski definition) is 6. The molecule has 0 radical (unpaired) electrons. The van der Waals surface area contributed by atoms with E-state index < -0.39 is 5.97 Å². The first-order valence-electron chi connectivity index (χ1n) is 8.18. The summed E-state index contributed by atoms with van der Waals surface area (Å²) in [6, 6.07) is 11.5. The number of pyridine rings is 1. The normalized spacial score (nSPS) is 11.3. The Morgan fingerprint density at radius 2 is 2.07 bits per heavy atom. The highest BCUT2D eigenvalue weighted by Gasteiger charge is 2.11. The van der Waals surface area contributed by atoms with Crippen LogP contribution in [-0.4, -0.2) is 30.7 Å².